The molecule has 0 unspecified atom stereocenters. The first-order chi connectivity index (χ1) is 6.89. The average molecular weight is 213 g/mol. The lowest BCUT2D eigenvalue weighted by molar-refractivity contribution is -0.890. The van der Waals surface area contributed by atoms with Crippen molar-refractivity contribution in [2.75, 3.05) is 27.2 Å². The summed E-state index contributed by atoms with van der Waals surface area (Å²) in [6.45, 7) is 5.89. The molecule has 0 amide bonds. The number of hydrogen-bond donors (Lipinski definition) is 0. The fraction of sp³-hybridized carbons (Fsp3) is 0.750. The molecule has 0 rings (SSSR count). The van der Waals surface area contributed by atoms with Crippen LogP contribution in [0, 0.1) is 0 Å². The quantitative estimate of drug-likeness (QED) is 0.466. The lowest BCUT2D eigenvalue weighted by Gasteiger charge is -2.29. The van der Waals surface area contributed by atoms with Crippen molar-refractivity contribution in [3.63, 3.8) is 0 Å². The van der Waals surface area contributed by atoms with E-state index < -0.39 is 5.97 Å². The van der Waals surface area contributed by atoms with Crippen LogP contribution >= 0.6 is 0 Å². The monoisotopic (exact) mass is 213 g/mol. The maximum absolute atomic E-state index is 10.4. The minimum atomic E-state index is -1.06. The van der Waals surface area contributed by atoms with Gasteiger partial charge in [0.1, 0.15) is 0 Å². The van der Waals surface area contributed by atoms with Gasteiger partial charge in [0.05, 0.1) is 33.2 Å². The molecule has 0 aromatic rings. The van der Waals surface area contributed by atoms with Crippen molar-refractivity contribution >= 4 is 5.97 Å². The second kappa shape index (κ2) is 6.62. The van der Waals surface area contributed by atoms with E-state index in [9.17, 15) is 9.90 Å². The molecule has 0 radical (unpaired) electrons. The molecule has 0 fully saturated rings. The Bertz CT molecular complexity index is 232. The van der Waals surface area contributed by atoms with Gasteiger partial charge < -0.3 is 14.4 Å². The van der Waals surface area contributed by atoms with Gasteiger partial charge in [-0.3, -0.25) is 0 Å². The van der Waals surface area contributed by atoms with Crippen LogP contribution in [0.3, 0.4) is 0 Å². The molecule has 3 nitrogen and oxygen atoms in total. The Kier molecular flexibility index (Phi) is 6.25. The number of aliphatic carboxylic acids is 1. The van der Waals surface area contributed by atoms with Crippen LogP contribution in [0.4, 0.5) is 0 Å². The first-order valence-electron chi connectivity index (χ1n) is 5.59. The van der Waals surface area contributed by atoms with E-state index in [1.807, 2.05) is 0 Å². The number of rotatable bonds is 7. The highest BCUT2D eigenvalue weighted by atomic mass is 16.4. The third-order valence-electron chi connectivity index (χ3n) is 2.62. The third-order valence-corrected chi connectivity index (χ3v) is 2.62. The van der Waals surface area contributed by atoms with Crippen molar-refractivity contribution in [3.8, 4) is 0 Å². The Balaban J connectivity index is 3.93. The van der Waals surface area contributed by atoms with Gasteiger partial charge in [0.2, 0.25) is 0 Å². The van der Waals surface area contributed by atoms with E-state index in [0.29, 0.717) is 5.57 Å². The van der Waals surface area contributed by atoms with E-state index in [1.165, 1.54) is 12.8 Å². The summed E-state index contributed by atoms with van der Waals surface area (Å²) in [6, 6.07) is 0. The number of carboxylic acid groups (broad SMARTS) is 1. The zero-order chi connectivity index (χ0) is 11.9. The minimum absolute atomic E-state index is 0.338. The normalized spacial score (nSPS) is 12.9. The third kappa shape index (κ3) is 7.14. The highest BCUT2D eigenvalue weighted by molar-refractivity contribution is 5.83. The average Bonchev–Trinajstić information content (AvgIpc) is 2.14. The number of hydrogen-bond acceptors (Lipinski definition) is 2. The predicted octanol–water partition coefficient (Wildman–Crippen LogP) is 0.949. The van der Waals surface area contributed by atoms with E-state index in [0.717, 1.165) is 24.0 Å². The number of carboxylic acids is 1. The Morgan fingerprint density at radius 2 is 1.93 bits per heavy atom. The maximum Gasteiger partial charge on any atom is 0.0817 e. The fourth-order valence-electron chi connectivity index (χ4n) is 1.41. The van der Waals surface area contributed by atoms with Gasteiger partial charge in [-0.2, -0.15) is 0 Å². The summed E-state index contributed by atoms with van der Waals surface area (Å²) in [6.07, 6.45) is 4.98. The van der Waals surface area contributed by atoms with Crippen LogP contribution < -0.4 is 5.11 Å². The molecule has 15 heavy (non-hydrogen) atoms. The lowest BCUT2D eigenvalue weighted by atomic mass is 10.2. The Hall–Kier alpha value is -0.830. The zero-order valence-electron chi connectivity index (χ0n) is 10.4. The second-order valence-corrected chi connectivity index (χ2v) is 4.70. The molecule has 0 heterocycles. The van der Waals surface area contributed by atoms with Crippen LogP contribution in [-0.2, 0) is 4.79 Å². The molecule has 0 saturated heterocycles. The Morgan fingerprint density at radius 1 is 1.33 bits per heavy atom. The largest absolute Gasteiger partial charge is 0.545 e. The fourth-order valence-corrected chi connectivity index (χ4v) is 1.41. The predicted molar refractivity (Wildman–Crippen MR) is 60.1 cm³/mol. The number of nitrogens with zero attached hydrogens (tertiary/aromatic N) is 1. The summed E-state index contributed by atoms with van der Waals surface area (Å²) in [5.41, 5.74) is 0.338. The highest BCUT2D eigenvalue weighted by Gasteiger charge is 2.12. The van der Waals surface area contributed by atoms with Crippen LogP contribution in [0.15, 0.2) is 11.6 Å². The van der Waals surface area contributed by atoms with Crippen molar-refractivity contribution in [2.24, 2.45) is 0 Å². The van der Waals surface area contributed by atoms with Crippen molar-refractivity contribution in [1.82, 2.24) is 0 Å². The molecule has 0 saturated carbocycles. The smallest absolute Gasteiger partial charge is 0.0817 e. The van der Waals surface area contributed by atoms with Crippen LogP contribution in [0.5, 0.6) is 0 Å². The van der Waals surface area contributed by atoms with E-state index in [4.69, 9.17) is 0 Å². The number of carbonyl (C=O) groups is 1. The molecule has 0 spiro atoms. The van der Waals surface area contributed by atoms with Crippen LogP contribution in [0.2, 0.25) is 0 Å². The second-order valence-electron chi connectivity index (χ2n) is 4.70. The van der Waals surface area contributed by atoms with Crippen molar-refractivity contribution in [3.05, 3.63) is 11.6 Å². The molecule has 0 N–H and O–H groups in total. The number of unbranched alkanes of at least 4 members (excludes halogenated alkanes) is 1. The number of quaternary nitrogens is 1. The summed E-state index contributed by atoms with van der Waals surface area (Å²) in [5, 5.41) is 10.4. The van der Waals surface area contributed by atoms with Gasteiger partial charge in [-0.05, 0) is 18.9 Å². The molecule has 0 aliphatic heterocycles. The standard InChI is InChI=1S/C12H23NO2/c1-5-6-9-13(3,4)10-7-8-11(2)12(14)15/h8H,5-7,9-10H2,1-4H3. The molecular weight excluding hydrogens is 190 g/mol. The molecular formula is C12H23NO2. The van der Waals surface area contributed by atoms with Gasteiger partial charge in [-0.25, -0.2) is 0 Å². The molecule has 0 aliphatic carbocycles. The van der Waals surface area contributed by atoms with Crippen LogP contribution in [-0.4, -0.2) is 37.6 Å². The van der Waals surface area contributed by atoms with Gasteiger partial charge in [0.15, 0.2) is 0 Å². The summed E-state index contributed by atoms with van der Waals surface area (Å²) >= 11 is 0. The van der Waals surface area contributed by atoms with Gasteiger partial charge in [-0.15, -0.1) is 0 Å². The molecule has 0 bridgehead atoms. The lowest BCUT2D eigenvalue weighted by Crippen LogP contribution is -2.41. The Labute approximate surface area is 93.0 Å². The van der Waals surface area contributed by atoms with Gasteiger partial charge in [0, 0.05) is 6.42 Å². The molecule has 0 aromatic carbocycles. The van der Waals surface area contributed by atoms with Gasteiger partial charge in [0.25, 0.3) is 0 Å². The van der Waals surface area contributed by atoms with E-state index >= 15 is 0 Å². The van der Waals surface area contributed by atoms with Crippen LogP contribution in [0.1, 0.15) is 33.1 Å². The molecule has 0 atom stereocenters. The van der Waals surface area contributed by atoms with Gasteiger partial charge >= 0.3 is 0 Å². The first kappa shape index (κ1) is 14.2. The maximum atomic E-state index is 10.4. The molecule has 0 aromatic heterocycles. The van der Waals surface area contributed by atoms with Crippen LogP contribution in [0.25, 0.3) is 0 Å². The van der Waals surface area contributed by atoms with Crippen molar-refractivity contribution < 1.29 is 14.4 Å². The summed E-state index contributed by atoms with van der Waals surface area (Å²) in [5.74, 6) is -1.06. The topological polar surface area (TPSA) is 40.1 Å². The zero-order valence-corrected chi connectivity index (χ0v) is 10.4. The summed E-state index contributed by atoms with van der Waals surface area (Å²) < 4.78 is 0.949. The Morgan fingerprint density at radius 3 is 2.40 bits per heavy atom. The van der Waals surface area contributed by atoms with E-state index in [-0.39, 0.29) is 0 Å². The van der Waals surface area contributed by atoms with Crippen molar-refractivity contribution in [1.29, 1.82) is 0 Å². The summed E-state index contributed by atoms with van der Waals surface area (Å²) in [7, 11) is 4.36. The highest BCUT2D eigenvalue weighted by Crippen LogP contribution is 2.04. The SMILES string of the molecule is CCCC[N+](C)(C)CCC=C(C)C(=O)[O-]. The number of carbonyl (C=O) groups excluding carboxylic acids is 1. The molecule has 88 valence electrons. The summed E-state index contributed by atoms with van der Waals surface area (Å²) in [4.78, 5) is 10.4. The first-order valence-corrected chi connectivity index (χ1v) is 5.59. The minimum Gasteiger partial charge on any atom is -0.545 e. The van der Waals surface area contributed by atoms with E-state index in [2.05, 4.69) is 21.0 Å². The molecule has 3 heteroatoms. The molecule has 0 aliphatic rings. The van der Waals surface area contributed by atoms with E-state index in [1.54, 1.807) is 13.0 Å². The van der Waals surface area contributed by atoms with Gasteiger partial charge in [-0.1, -0.05) is 19.4 Å². The van der Waals surface area contributed by atoms with Crippen molar-refractivity contribution in [2.45, 2.75) is 33.1 Å².